The molecule has 0 amide bonds. The van der Waals surface area contributed by atoms with Crippen LogP contribution < -0.4 is 0 Å². The number of ether oxygens (including phenoxy) is 3. The van der Waals surface area contributed by atoms with Gasteiger partial charge in [-0.05, 0) is 23.8 Å². The summed E-state index contributed by atoms with van der Waals surface area (Å²) in [5.74, 6) is 0.214. The third-order valence-electron chi connectivity index (χ3n) is 3.84. The van der Waals surface area contributed by atoms with Gasteiger partial charge in [-0.25, -0.2) is 0 Å². The minimum Gasteiger partial charge on any atom is -0.508 e. The fourth-order valence-corrected chi connectivity index (χ4v) is 2.22. The largest absolute Gasteiger partial charge is 0.508 e. The molecule has 3 unspecified atom stereocenters. The van der Waals surface area contributed by atoms with Gasteiger partial charge in [-0.1, -0.05) is 30.3 Å². The lowest BCUT2D eigenvalue weighted by molar-refractivity contribution is 0.0893. The third kappa shape index (κ3) is 5.18. The van der Waals surface area contributed by atoms with E-state index in [1.54, 1.807) is 12.2 Å². The maximum absolute atomic E-state index is 10.2. The van der Waals surface area contributed by atoms with E-state index in [1.165, 1.54) is 6.08 Å². The number of allylic oxidation sites excluding steroid dienone is 1. The molecule has 3 aliphatic rings. The Kier molecular flexibility index (Phi) is 5.13. The molecule has 4 rings (SSSR count). The second-order valence-corrected chi connectivity index (χ2v) is 5.90. The van der Waals surface area contributed by atoms with Crippen molar-refractivity contribution in [3.63, 3.8) is 0 Å². The molecule has 2 heterocycles. The summed E-state index contributed by atoms with van der Waals surface area (Å²) in [6.07, 6.45) is 5.97. The van der Waals surface area contributed by atoms with Crippen molar-refractivity contribution >= 4 is 0 Å². The van der Waals surface area contributed by atoms with E-state index in [0.717, 1.165) is 32.0 Å². The van der Waals surface area contributed by atoms with Crippen LogP contribution in [0.5, 0.6) is 0 Å². The number of epoxide rings is 2. The topological polar surface area (TPSA) is 74.8 Å². The highest BCUT2D eigenvalue weighted by Crippen LogP contribution is 2.30. The van der Waals surface area contributed by atoms with Crippen LogP contribution in [-0.4, -0.2) is 48.8 Å². The Morgan fingerprint density at radius 1 is 1.09 bits per heavy atom. The molecule has 5 heteroatoms. The molecular formula is C18H22O5. The molecule has 124 valence electrons. The Balaban J connectivity index is 0.000000149. The molecule has 0 bridgehead atoms. The normalized spacial score (nSPS) is 30.9. The van der Waals surface area contributed by atoms with Crippen LogP contribution in [0.3, 0.4) is 0 Å². The molecule has 2 fully saturated rings. The van der Waals surface area contributed by atoms with Gasteiger partial charge in [0, 0.05) is 6.42 Å². The van der Waals surface area contributed by atoms with E-state index in [-0.39, 0.29) is 5.76 Å². The van der Waals surface area contributed by atoms with Crippen molar-refractivity contribution < 1.29 is 24.4 Å². The number of benzene rings is 1. The van der Waals surface area contributed by atoms with Gasteiger partial charge >= 0.3 is 0 Å². The number of rotatable bonds is 5. The first-order valence-electron chi connectivity index (χ1n) is 7.83. The molecular weight excluding hydrogens is 296 g/mol. The van der Waals surface area contributed by atoms with Gasteiger partial charge in [-0.3, -0.25) is 0 Å². The summed E-state index contributed by atoms with van der Waals surface area (Å²) in [4.78, 5) is 0. The molecule has 0 spiro atoms. The van der Waals surface area contributed by atoms with E-state index in [2.05, 4.69) is 0 Å². The summed E-state index contributed by atoms with van der Waals surface area (Å²) in [6.45, 7) is 3.26. The van der Waals surface area contributed by atoms with Crippen molar-refractivity contribution in [3.8, 4) is 0 Å². The molecule has 0 radical (unpaired) electrons. The maximum Gasteiger partial charge on any atom is 0.112 e. The molecule has 1 aliphatic carbocycles. The molecule has 2 aliphatic heterocycles. The molecule has 2 N–H and O–H groups in total. The summed E-state index contributed by atoms with van der Waals surface area (Å²) in [5, 5.41) is 19.4. The molecule has 23 heavy (non-hydrogen) atoms. The van der Waals surface area contributed by atoms with Crippen LogP contribution in [-0.2, 0) is 19.8 Å². The zero-order chi connectivity index (χ0) is 16.1. The molecule has 1 aromatic carbocycles. The average molecular weight is 318 g/mol. The van der Waals surface area contributed by atoms with Crippen molar-refractivity contribution in [2.24, 2.45) is 0 Å². The van der Waals surface area contributed by atoms with Crippen LogP contribution in [0.25, 0.3) is 0 Å². The van der Waals surface area contributed by atoms with Crippen LogP contribution >= 0.6 is 0 Å². The van der Waals surface area contributed by atoms with Gasteiger partial charge in [-0.15, -0.1) is 0 Å². The van der Waals surface area contributed by atoms with Crippen molar-refractivity contribution in [3.05, 3.63) is 59.9 Å². The van der Waals surface area contributed by atoms with E-state index in [1.807, 2.05) is 30.3 Å². The highest BCUT2D eigenvalue weighted by Gasteiger charge is 2.27. The lowest BCUT2D eigenvalue weighted by atomic mass is 9.87. The fraction of sp³-hybridized carbons (Fsp3) is 0.444. The summed E-state index contributed by atoms with van der Waals surface area (Å²) >= 11 is 0. The standard InChI is InChI=1S/C12H12O2.C6H10O3/c13-11-6-8-12(14,9-7-11)10-4-2-1-3-5-10;1(5-3-8-5)7-2-6-4-9-6/h1-8,13-14H,9H2;5-6H,1-4H2. The lowest BCUT2D eigenvalue weighted by Gasteiger charge is -2.25. The molecule has 5 nitrogen and oxygen atoms in total. The average Bonchev–Trinajstić information content (AvgIpc) is 3.47. The Bertz CT molecular complexity index is 548. The van der Waals surface area contributed by atoms with Crippen LogP contribution in [0.15, 0.2) is 54.3 Å². The Morgan fingerprint density at radius 3 is 2.17 bits per heavy atom. The zero-order valence-electron chi connectivity index (χ0n) is 12.9. The van der Waals surface area contributed by atoms with Gasteiger partial charge in [0.1, 0.15) is 23.6 Å². The smallest absolute Gasteiger partial charge is 0.112 e. The second-order valence-electron chi connectivity index (χ2n) is 5.90. The number of aliphatic hydroxyl groups is 2. The predicted molar refractivity (Wildman–Crippen MR) is 85.1 cm³/mol. The van der Waals surface area contributed by atoms with E-state index in [9.17, 15) is 5.11 Å². The van der Waals surface area contributed by atoms with E-state index >= 15 is 0 Å². The molecule has 0 saturated carbocycles. The zero-order valence-corrected chi connectivity index (χ0v) is 12.9. The fourth-order valence-electron chi connectivity index (χ4n) is 2.22. The monoisotopic (exact) mass is 318 g/mol. The molecule has 1 aromatic rings. The van der Waals surface area contributed by atoms with Gasteiger partial charge in [-0.2, -0.15) is 0 Å². The van der Waals surface area contributed by atoms with Crippen LogP contribution in [0.1, 0.15) is 12.0 Å². The SMILES string of the molecule is C(OCC1CO1)C1CO1.OC1=CCC(O)(c2ccccc2)C=C1. The predicted octanol–water partition coefficient (Wildman–Crippen LogP) is 2.08. The van der Waals surface area contributed by atoms with Gasteiger partial charge in [0.15, 0.2) is 0 Å². The third-order valence-corrected chi connectivity index (χ3v) is 3.84. The Morgan fingerprint density at radius 2 is 1.70 bits per heavy atom. The minimum absolute atomic E-state index is 0.214. The van der Waals surface area contributed by atoms with Gasteiger partial charge < -0.3 is 24.4 Å². The molecule has 2 saturated heterocycles. The molecule has 3 atom stereocenters. The lowest BCUT2D eigenvalue weighted by Crippen LogP contribution is -2.23. The Hall–Kier alpha value is -1.66. The highest BCUT2D eigenvalue weighted by atomic mass is 16.6. The summed E-state index contributed by atoms with van der Waals surface area (Å²) in [7, 11) is 0. The minimum atomic E-state index is -0.965. The van der Waals surface area contributed by atoms with E-state index in [0.29, 0.717) is 18.6 Å². The van der Waals surface area contributed by atoms with E-state index < -0.39 is 5.60 Å². The van der Waals surface area contributed by atoms with E-state index in [4.69, 9.17) is 19.3 Å². The number of hydrogen-bond acceptors (Lipinski definition) is 5. The summed E-state index contributed by atoms with van der Waals surface area (Å²) < 4.78 is 15.1. The number of aliphatic hydroxyl groups excluding tert-OH is 1. The Labute approximate surface area is 135 Å². The second kappa shape index (κ2) is 7.27. The summed E-state index contributed by atoms with van der Waals surface area (Å²) in [6, 6.07) is 9.44. The quantitative estimate of drug-likeness (QED) is 0.813. The van der Waals surface area contributed by atoms with Crippen LogP contribution in [0, 0.1) is 0 Å². The highest BCUT2D eigenvalue weighted by molar-refractivity contribution is 5.33. The van der Waals surface area contributed by atoms with Crippen molar-refractivity contribution in [2.45, 2.75) is 24.2 Å². The van der Waals surface area contributed by atoms with Crippen molar-refractivity contribution in [1.82, 2.24) is 0 Å². The van der Waals surface area contributed by atoms with Gasteiger partial charge in [0.2, 0.25) is 0 Å². The molecule has 0 aromatic heterocycles. The van der Waals surface area contributed by atoms with Gasteiger partial charge in [0.25, 0.3) is 0 Å². The first kappa shape index (κ1) is 16.2. The summed E-state index contributed by atoms with van der Waals surface area (Å²) in [5.41, 5.74) is -0.118. The van der Waals surface area contributed by atoms with Crippen LogP contribution in [0.2, 0.25) is 0 Å². The van der Waals surface area contributed by atoms with Gasteiger partial charge in [0.05, 0.1) is 26.4 Å². The first-order valence-corrected chi connectivity index (χ1v) is 7.83. The van der Waals surface area contributed by atoms with Crippen molar-refractivity contribution in [1.29, 1.82) is 0 Å². The van der Waals surface area contributed by atoms with Crippen LogP contribution in [0.4, 0.5) is 0 Å². The first-order chi connectivity index (χ1) is 11.2. The van der Waals surface area contributed by atoms with Crippen molar-refractivity contribution in [2.75, 3.05) is 26.4 Å². The number of hydrogen-bond donors (Lipinski definition) is 2. The maximum atomic E-state index is 10.2.